The molecule has 6 nitrogen and oxygen atoms in total. The molecule has 0 radical (unpaired) electrons. The standard InChI is InChI=1S/C12H17NO.C9H14O2.CH4.H3NO/c1-10(4-3-9-13)11-5-7-12(14-2)8-6-11;1-7-4-5-8(10-2)6-9(7)11-3;;1-2/h5-8H,1,3-4,9,13H2,2H3;4-5,9H,6H2,1-3H3;1H4;2H,1H2. The molecular formula is C22H38N2O4. The average molecular weight is 395 g/mol. The zero-order chi connectivity index (χ0) is 20.7. The van der Waals surface area contributed by atoms with E-state index in [9.17, 15) is 0 Å². The van der Waals surface area contributed by atoms with Crippen molar-refractivity contribution in [1.29, 1.82) is 0 Å². The van der Waals surface area contributed by atoms with Crippen molar-refractivity contribution in [2.75, 3.05) is 27.9 Å². The lowest BCUT2D eigenvalue weighted by molar-refractivity contribution is 0.112. The molecule has 2 rings (SSSR count). The highest BCUT2D eigenvalue weighted by atomic mass is 16.5. The predicted molar refractivity (Wildman–Crippen MR) is 117 cm³/mol. The minimum Gasteiger partial charge on any atom is -0.501 e. The molecule has 28 heavy (non-hydrogen) atoms. The van der Waals surface area contributed by atoms with E-state index in [1.807, 2.05) is 36.4 Å². The largest absolute Gasteiger partial charge is 0.501 e. The minimum absolute atomic E-state index is 0. The Morgan fingerprint density at radius 1 is 1.11 bits per heavy atom. The van der Waals surface area contributed by atoms with Gasteiger partial charge in [0, 0.05) is 13.5 Å². The Balaban J connectivity index is 0. The second-order valence-electron chi connectivity index (χ2n) is 5.90. The minimum atomic E-state index is 0. The van der Waals surface area contributed by atoms with Crippen LogP contribution in [-0.2, 0) is 9.47 Å². The third-order valence-corrected chi connectivity index (χ3v) is 4.15. The van der Waals surface area contributed by atoms with Crippen LogP contribution in [0.2, 0.25) is 0 Å². The lowest BCUT2D eigenvalue weighted by atomic mass is 10.0. The molecule has 1 atom stereocenters. The Morgan fingerprint density at radius 2 is 1.71 bits per heavy atom. The Labute approximate surface area is 170 Å². The molecule has 0 aromatic heterocycles. The topological polar surface area (TPSA) is 100.0 Å². The first-order valence-electron chi connectivity index (χ1n) is 8.77. The summed E-state index contributed by atoms with van der Waals surface area (Å²) in [5.41, 5.74) is 9.00. The maximum Gasteiger partial charge on any atom is 0.118 e. The van der Waals surface area contributed by atoms with Crippen molar-refractivity contribution in [3.8, 4) is 5.75 Å². The molecule has 1 aliphatic carbocycles. The SMILES string of the molecule is C.C=C(CCCN)c1ccc(OC)cc1.COC1=CC=C(C)C(OC)C1.NO. The van der Waals surface area contributed by atoms with Gasteiger partial charge in [-0.05, 0) is 61.2 Å². The van der Waals surface area contributed by atoms with Crippen molar-refractivity contribution in [2.24, 2.45) is 11.6 Å². The number of benzene rings is 1. The summed E-state index contributed by atoms with van der Waals surface area (Å²) in [7, 11) is 5.08. The van der Waals surface area contributed by atoms with Crippen molar-refractivity contribution in [3.05, 3.63) is 59.9 Å². The van der Waals surface area contributed by atoms with Crippen LogP contribution in [0.5, 0.6) is 5.75 Å². The third-order valence-electron chi connectivity index (χ3n) is 4.15. The van der Waals surface area contributed by atoms with Crippen LogP contribution < -0.4 is 16.4 Å². The predicted octanol–water partition coefficient (Wildman–Crippen LogP) is 4.30. The van der Waals surface area contributed by atoms with Crippen LogP contribution in [0.4, 0.5) is 0 Å². The lowest BCUT2D eigenvalue weighted by Gasteiger charge is -2.20. The Bertz CT molecular complexity index is 595. The van der Waals surface area contributed by atoms with Crippen molar-refractivity contribution in [3.63, 3.8) is 0 Å². The van der Waals surface area contributed by atoms with Gasteiger partial charge in [0.25, 0.3) is 0 Å². The van der Waals surface area contributed by atoms with Crippen LogP contribution in [-0.4, -0.2) is 39.2 Å². The van der Waals surface area contributed by atoms with Crippen molar-refractivity contribution < 1.29 is 19.4 Å². The first kappa shape index (κ1) is 28.1. The lowest BCUT2D eigenvalue weighted by Crippen LogP contribution is -2.16. The summed E-state index contributed by atoms with van der Waals surface area (Å²) in [6, 6.07) is 7.95. The molecule has 0 heterocycles. The first-order valence-corrected chi connectivity index (χ1v) is 8.77. The molecule has 1 aliphatic rings. The molecule has 6 heteroatoms. The average Bonchev–Trinajstić information content (AvgIpc) is 2.74. The van der Waals surface area contributed by atoms with Crippen LogP contribution in [0.25, 0.3) is 5.57 Å². The smallest absolute Gasteiger partial charge is 0.118 e. The second-order valence-corrected chi connectivity index (χ2v) is 5.90. The summed E-state index contributed by atoms with van der Waals surface area (Å²) in [6.45, 7) is 6.81. The molecule has 0 saturated heterocycles. The van der Waals surface area contributed by atoms with Gasteiger partial charge >= 0.3 is 0 Å². The van der Waals surface area contributed by atoms with Gasteiger partial charge in [-0.15, -0.1) is 0 Å². The molecule has 0 saturated carbocycles. The van der Waals surface area contributed by atoms with Gasteiger partial charge in [0.15, 0.2) is 0 Å². The Hall–Kier alpha value is -2.12. The third kappa shape index (κ3) is 10.3. The van der Waals surface area contributed by atoms with Gasteiger partial charge < -0.3 is 25.2 Å². The first-order chi connectivity index (χ1) is 13.0. The number of hydrogen-bond acceptors (Lipinski definition) is 6. The fourth-order valence-corrected chi connectivity index (χ4v) is 2.45. The van der Waals surface area contributed by atoms with Crippen molar-refractivity contribution in [2.45, 2.75) is 39.7 Å². The summed E-state index contributed by atoms with van der Waals surface area (Å²) in [6.07, 6.45) is 7.04. The van der Waals surface area contributed by atoms with Crippen molar-refractivity contribution in [1.82, 2.24) is 0 Å². The summed E-state index contributed by atoms with van der Waals surface area (Å²) < 4.78 is 15.4. The molecule has 0 fully saturated rings. The van der Waals surface area contributed by atoms with E-state index in [1.165, 1.54) is 11.1 Å². The van der Waals surface area contributed by atoms with Gasteiger partial charge in [0.2, 0.25) is 0 Å². The summed E-state index contributed by atoms with van der Waals surface area (Å²) in [5.74, 6) is 5.36. The fourth-order valence-electron chi connectivity index (χ4n) is 2.45. The van der Waals surface area contributed by atoms with Gasteiger partial charge in [-0.3, -0.25) is 0 Å². The van der Waals surface area contributed by atoms with E-state index >= 15 is 0 Å². The normalized spacial score (nSPS) is 14.6. The van der Waals surface area contributed by atoms with Gasteiger partial charge in [-0.2, -0.15) is 0 Å². The number of ether oxygens (including phenoxy) is 3. The van der Waals surface area contributed by atoms with Crippen LogP contribution in [0.3, 0.4) is 0 Å². The van der Waals surface area contributed by atoms with E-state index in [4.69, 9.17) is 25.2 Å². The molecule has 5 N–H and O–H groups in total. The van der Waals surface area contributed by atoms with E-state index in [2.05, 4.69) is 19.4 Å². The monoisotopic (exact) mass is 394 g/mol. The molecular weight excluding hydrogens is 356 g/mol. The van der Waals surface area contributed by atoms with Crippen LogP contribution in [0.15, 0.2) is 54.3 Å². The molecule has 0 spiro atoms. The van der Waals surface area contributed by atoms with Crippen molar-refractivity contribution >= 4 is 5.57 Å². The van der Waals surface area contributed by atoms with Gasteiger partial charge in [0.1, 0.15) is 5.75 Å². The highest BCUT2D eigenvalue weighted by Crippen LogP contribution is 2.21. The number of rotatable bonds is 7. The zero-order valence-corrected chi connectivity index (χ0v) is 16.9. The van der Waals surface area contributed by atoms with E-state index < -0.39 is 0 Å². The maximum atomic E-state index is 6.50. The molecule has 1 aromatic carbocycles. The van der Waals surface area contributed by atoms with E-state index in [0.717, 1.165) is 42.9 Å². The van der Waals surface area contributed by atoms with Crippen LogP contribution in [0, 0.1) is 0 Å². The van der Waals surface area contributed by atoms with E-state index in [-0.39, 0.29) is 13.5 Å². The van der Waals surface area contributed by atoms with Crippen LogP contribution in [0.1, 0.15) is 39.2 Å². The van der Waals surface area contributed by atoms with E-state index in [0.29, 0.717) is 0 Å². The van der Waals surface area contributed by atoms with E-state index in [1.54, 1.807) is 21.3 Å². The quantitative estimate of drug-likeness (QED) is 0.596. The molecule has 0 aliphatic heterocycles. The maximum absolute atomic E-state index is 6.50. The Kier molecular flexibility index (Phi) is 17.1. The highest BCUT2D eigenvalue weighted by molar-refractivity contribution is 5.63. The number of methoxy groups -OCH3 is 3. The molecule has 0 bridgehead atoms. The summed E-state index contributed by atoms with van der Waals surface area (Å²) in [4.78, 5) is 0. The summed E-state index contributed by atoms with van der Waals surface area (Å²) in [5, 5.41) is 6.50. The molecule has 1 aromatic rings. The Morgan fingerprint density at radius 3 is 2.18 bits per heavy atom. The molecule has 0 amide bonds. The summed E-state index contributed by atoms with van der Waals surface area (Å²) >= 11 is 0. The van der Waals surface area contributed by atoms with Gasteiger partial charge in [0.05, 0.1) is 26.1 Å². The number of hydrogen-bond donors (Lipinski definition) is 3. The number of nitrogens with two attached hydrogens (primary N) is 2. The zero-order valence-electron chi connectivity index (χ0n) is 16.9. The fraction of sp³-hybridized carbons (Fsp3) is 0.455. The number of allylic oxidation sites excluding steroid dienone is 3. The second kappa shape index (κ2) is 17.0. The van der Waals surface area contributed by atoms with Gasteiger partial charge in [-0.25, -0.2) is 5.90 Å². The van der Waals surface area contributed by atoms with Crippen LogP contribution >= 0.6 is 0 Å². The molecule has 1 unspecified atom stereocenters. The highest BCUT2D eigenvalue weighted by Gasteiger charge is 2.15. The van der Waals surface area contributed by atoms with Gasteiger partial charge in [-0.1, -0.05) is 32.2 Å². The molecule has 160 valence electrons.